The zero-order chi connectivity index (χ0) is 19.1. The van der Waals surface area contributed by atoms with Crippen LogP contribution in [0.15, 0.2) is 24.3 Å². The Morgan fingerprint density at radius 2 is 1.85 bits per heavy atom. The molecular formula is C18H22ClN3O4. The topological polar surface area (TPSA) is 70.2 Å². The molecule has 0 atom stereocenters. The lowest BCUT2D eigenvalue weighted by Crippen LogP contribution is -2.81. The van der Waals surface area contributed by atoms with E-state index in [1.54, 1.807) is 21.9 Å². The lowest BCUT2D eigenvalue weighted by molar-refractivity contribution is -0.179. The zero-order valence-corrected chi connectivity index (χ0v) is 15.8. The summed E-state index contributed by atoms with van der Waals surface area (Å²) in [6, 6.07) is 7.08. The first-order valence-corrected chi connectivity index (χ1v) is 8.85. The molecule has 0 saturated carbocycles. The Hall–Kier alpha value is -2.28. The second-order valence-electron chi connectivity index (χ2n) is 6.99. The summed E-state index contributed by atoms with van der Waals surface area (Å²) in [5.74, 6) is -0.251. The van der Waals surface area contributed by atoms with Gasteiger partial charge in [0.25, 0.3) is 5.91 Å². The zero-order valence-electron chi connectivity index (χ0n) is 15.1. The van der Waals surface area contributed by atoms with Crippen LogP contribution in [0, 0.1) is 0 Å². The average molecular weight is 380 g/mol. The summed E-state index contributed by atoms with van der Waals surface area (Å²) in [6.45, 7) is 4.38. The van der Waals surface area contributed by atoms with Crippen LogP contribution >= 0.6 is 11.6 Å². The van der Waals surface area contributed by atoms with Gasteiger partial charge in [0, 0.05) is 17.6 Å². The summed E-state index contributed by atoms with van der Waals surface area (Å²) in [7, 11) is 1.30. The molecule has 2 saturated heterocycles. The van der Waals surface area contributed by atoms with Crippen LogP contribution in [-0.4, -0.2) is 70.9 Å². The van der Waals surface area contributed by atoms with E-state index in [1.807, 2.05) is 26.0 Å². The number of halogens is 1. The molecule has 0 aliphatic carbocycles. The Balaban J connectivity index is 1.90. The second-order valence-corrected chi connectivity index (χ2v) is 7.43. The maximum atomic E-state index is 13.2. The van der Waals surface area contributed by atoms with Gasteiger partial charge in [0.05, 0.1) is 20.2 Å². The number of rotatable bonds is 3. The predicted molar refractivity (Wildman–Crippen MR) is 95.6 cm³/mol. The van der Waals surface area contributed by atoms with E-state index in [1.165, 1.54) is 12.0 Å². The SMILES string of the molecule is COC(=O)N1CC2(C1)C(=O)N(C(C)C)CC(=O)N2Cc1ccc(Cl)cc1. The number of carbonyl (C=O) groups is 3. The first-order chi connectivity index (χ1) is 12.3. The van der Waals surface area contributed by atoms with Crippen LogP contribution in [0.1, 0.15) is 19.4 Å². The van der Waals surface area contributed by atoms with Crippen LogP contribution in [0.3, 0.4) is 0 Å². The highest BCUT2D eigenvalue weighted by molar-refractivity contribution is 6.30. The third kappa shape index (κ3) is 3.00. The molecule has 2 aliphatic rings. The number of hydrogen-bond donors (Lipinski definition) is 0. The van der Waals surface area contributed by atoms with Crippen molar-refractivity contribution < 1.29 is 19.1 Å². The van der Waals surface area contributed by atoms with Crippen molar-refractivity contribution in [2.75, 3.05) is 26.7 Å². The molecule has 0 aromatic heterocycles. The van der Waals surface area contributed by atoms with E-state index in [0.29, 0.717) is 11.6 Å². The Morgan fingerprint density at radius 3 is 2.38 bits per heavy atom. The van der Waals surface area contributed by atoms with E-state index >= 15 is 0 Å². The Kier molecular flexibility index (Phi) is 4.84. The Labute approximate surface area is 157 Å². The van der Waals surface area contributed by atoms with Gasteiger partial charge in [-0.25, -0.2) is 4.79 Å². The molecule has 3 rings (SSSR count). The molecule has 140 valence electrons. The molecule has 7 nitrogen and oxygen atoms in total. The predicted octanol–water partition coefficient (Wildman–Crippen LogP) is 1.74. The summed E-state index contributed by atoms with van der Waals surface area (Å²) in [6.07, 6.45) is -0.496. The molecule has 2 heterocycles. The summed E-state index contributed by atoms with van der Waals surface area (Å²) in [5, 5.41) is 0.607. The van der Waals surface area contributed by atoms with Crippen molar-refractivity contribution in [2.24, 2.45) is 0 Å². The normalized spacial score (nSPS) is 19.2. The van der Waals surface area contributed by atoms with Gasteiger partial charge in [0.1, 0.15) is 6.54 Å². The molecule has 0 unspecified atom stereocenters. The Bertz CT molecular complexity index is 728. The fourth-order valence-corrected chi connectivity index (χ4v) is 3.63. The van der Waals surface area contributed by atoms with Gasteiger partial charge in [-0.3, -0.25) is 9.59 Å². The number of amides is 3. The molecule has 0 radical (unpaired) electrons. The molecular weight excluding hydrogens is 358 g/mol. The minimum absolute atomic E-state index is 0.0457. The number of benzene rings is 1. The van der Waals surface area contributed by atoms with Gasteiger partial charge < -0.3 is 19.4 Å². The van der Waals surface area contributed by atoms with Crippen molar-refractivity contribution >= 4 is 29.5 Å². The lowest BCUT2D eigenvalue weighted by Gasteiger charge is -2.58. The van der Waals surface area contributed by atoms with E-state index in [-0.39, 0.29) is 37.5 Å². The fraction of sp³-hybridized carbons (Fsp3) is 0.500. The first kappa shape index (κ1) is 18.5. The monoisotopic (exact) mass is 379 g/mol. The van der Waals surface area contributed by atoms with Crippen molar-refractivity contribution in [2.45, 2.75) is 32.0 Å². The molecule has 0 N–H and O–H groups in total. The Morgan fingerprint density at radius 1 is 1.23 bits per heavy atom. The van der Waals surface area contributed by atoms with E-state index in [9.17, 15) is 14.4 Å². The third-order valence-corrected chi connectivity index (χ3v) is 5.25. The van der Waals surface area contributed by atoms with Crippen LogP contribution in [0.5, 0.6) is 0 Å². The maximum Gasteiger partial charge on any atom is 0.409 e. The van der Waals surface area contributed by atoms with Crippen molar-refractivity contribution in [1.29, 1.82) is 0 Å². The molecule has 26 heavy (non-hydrogen) atoms. The highest BCUT2D eigenvalue weighted by Gasteiger charge is 2.61. The molecule has 8 heteroatoms. The van der Waals surface area contributed by atoms with Crippen molar-refractivity contribution in [3.63, 3.8) is 0 Å². The van der Waals surface area contributed by atoms with Crippen LogP contribution in [0.2, 0.25) is 5.02 Å². The van der Waals surface area contributed by atoms with Crippen LogP contribution in [0.4, 0.5) is 4.79 Å². The van der Waals surface area contributed by atoms with Crippen molar-refractivity contribution in [3.05, 3.63) is 34.9 Å². The average Bonchev–Trinajstić information content (AvgIpc) is 2.57. The van der Waals surface area contributed by atoms with Crippen molar-refractivity contribution in [3.8, 4) is 0 Å². The summed E-state index contributed by atoms with van der Waals surface area (Å²) >= 11 is 5.93. The molecule has 2 aliphatic heterocycles. The summed E-state index contributed by atoms with van der Waals surface area (Å²) in [5.41, 5.74) is -0.155. The molecule has 3 amide bonds. The van der Waals surface area contributed by atoms with Gasteiger partial charge in [-0.1, -0.05) is 23.7 Å². The van der Waals surface area contributed by atoms with Crippen LogP contribution in [0.25, 0.3) is 0 Å². The quantitative estimate of drug-likeness (QED) is 0.802. The van der Waals surface area contributed by atoms with Crippen LogP contribution < -0.4 is 0 Å². The van der Waals surface area contributed by atoms with Gasteiger partial charge in [-0.05, 0) is 31.5 Å². The van der Waals surface area contributed by atoms with E-state index in [0.717, 1.165) is 5.56 Å². The molecule has 1 aromatic rings. The standard InChI is InChI=1S/C18H22ClN3O4/c1-12(2)21-9-15(23)22(8-13-4-6-14(19)7-5-13)18(16(21)24)10-20(11-18)17(25)26-3/h4-7,12H,8-11H2,1-3H3. The number of methoxy groups -OCH3 is 1. The first-order valence-electron chi connectivity index (χ1n) is 8.47. The second kappa shape index (κ2) is 6.79. The van der Waals surface area contributed by atoms with Gasteiger partial charge in [-0.15, -0.1) is 0 Å². The number of nitrogens with zero attached hydrogens (tertiary/aromatic N) is 3. The van der Waals surface area contributed by atoms with E-state index in [4.69, 9.17) is 16.3 Å². The number of piperazine rings is 1. The van der Waals surface area contributed by atoms with Gasteiger partial charge in [-0.2, -0.15) is 0 Å². The van der Waals surface area contributed by atoms with Gasteiger partial charge in [0.2, 0.25) is 5.91 Å². The summed E-state index contributed by atoms with van der Waals surface area (Å²) < 4.78 is 4.74. The van der Waals surface area contributed by atoms with Crippen molar-refractivity contribution in [1.82, 2.24) is 14.7 Å². The summed E-state index contributed by atoms with van der Waals surface area (Å²) in [4.78, 5) is 42.4. The van der Waals surface area contributed by atoms with E-state index < -0.39 is 11.6 Å². The van der Waals surface area contributed by atoms with E-state index in [2.05, 4.69) is 0 Å². The number of ether oxygens (including phenoxy) is 1. The lowest BCUT2D eigenvalue weighted by atomic mass is 9.83. The van der Waals surface area contributed by atoms with Crippen LogP contribution in [-0.2, 0) is 20.9 Å². The third-order valence-electron chi connectivity index (χ3n) is 5.00. The molecule has 0 bridgehead atoms. The minimum Gasteiger partial charge on any atom is -0.453 e. The highest BCUT2D eigenvalue weighted by atomic mass is 35.5. The molecule has 1 spiro atoms. The molecule has 2 fully saturated rings. The minimum atomic E-state index is -1.03. The van der Waals surface area contributed by atoms with Gasteiger partial charge >= 0.3 is 6.09 Å². The number of carbonyl (C=O) groups excluding carboxylic acids is 3. The largest absolute Gasteiger partial charge is 0.453 e. The maximum absolute atomic E-state index is 13.2. The molecule has 1 aromatic carbocycles. The fourth-order valence-electron chi connectivity index (χ4n) is 3.50. The number of likely N-dealkylation sites (tertiary alicyclic amines) is 1. The number of hydrogen-bond acceptors (Lipinski definition) is 4. The van der Waals surface area contributed by atoms with Gasteiger partial charge in [0.15, 0.2) is 5.54 Å². The smallest absolute Gasteiger partial charge is 0.409 e. The highest BCUT2D eigenvalue weighted by Crippen LogP contribution is 2.36.